The number of benzene rings is 1. The number of hydrogen-bond donors (Lipinski definition) is 5. The molecule has 154 valence electrons. The zero-order valence-electron chi connectivity index (χ0n) is 15.9. The van der Waals surface area contributed by atoms with Gasteiger partial charge in [0, 0.05) is 6.04 Å². The summed E-state index contributed by atoms with van der Waals surface area (Å²) < 4.78 is 7.07. The average Bonchev–Trinajstić information content (AvgIpc) is 3.24. The number of anilines is 2. The van der Waals surface area contributed by atoms with E-state index in [-0.39, 0.29) is 11.9 Å². The Morgan fingerprint density at radius 1 is 1.21 bits per heavy atom. The average molecular weight is 400 g/mol. The van der Waals surface area contributed by atoms with Crippen LogP contribution in [-0.2, 0) is 11.2 Å². The fraction of sp³-hybridized carbons (Fsp3) is 0.421. The molecule has 0 radical (unpaired) electrons. The van der Waals surface area contributed by atoms with Gasteiger partial charge < -0.3 is 31.1 Å². The van der Waals surface area contributed by atoms with Crippen molar-refractivity contribution in [3.8, 4) is 0 Å². The number of imidazole rings is 1. The molecule has 1 aliphatic rings. The van der Waals surface area contributed by atoms with Crippen molar-refractivity contribution in [3.63, 3.8) is 0 Å². The number of rotatable bonds is 6. The van der Waals surface area contributed by atoms with Crippen molar-refractivity contribution in [1.29, 1.82) is 0 Å². The fourth-order valence-electron chi connectivity index (χ4n) is 3.54. The smallest absolute Gasteiger partial charge is 0.226 e. The van der Waals surface area contributed by atoms with Crippen molar-refractivity contribution in [2.24, 2.45) is 0 Å². The Hall–Kier alpha value is -2.79. The summed E-state index contributed by atoms with van der Waals surface area (Å²) in [5, 5.41) is 32.9. The summed E-state index contributed by atoms with van der Waals surface area (Å²) in [5.41, 5.74) is 7.96. The van der Waals surface area contributed by atoms with E-state index < -0.39 is 31.1 Å². The van der Waals surface area contributed by atoms with Crippen LogP contribution in [0.15, 0.2) is 36.7 Å². The fourth-order valence-corrected chi connectivity index (χ4v) is 3.54. The zero-order valence-corrected chi connectivity index (χ0v) is 15.9. The number of ether oxygens (including phenoxy) is 1. The van der Waals surface area contributed by atoms with Gasteiger partial charge in [-0.1, -0.05) is 30.3 Å². The quantitative estimate of drug-likeness (QED) is 0.387. The van der Waals surface area contributed by atoms with Gasteiger partial charge in [-0.3, -0.25) is 4.57 Å². The molecule has 0 aliphatic carbocycles. The van der Waals surface area contributed by atoms with Crippen molar-refractivity contribution < 1.29 is 20.1 Å². The van der Waals surface area contributed by atoms with Crippen LogP contribution in [0.25, 0.3) is 11.2 Å². The molecule has 0 saturated carbocycles. The maximum atomic E-state index is 10.3. The van der Waals surface area contributed by atoms with E-state index in [4.69, 9.17) is 10.5 Å². The molecule has 3 aromatic rings. The summed E-state index contributed by atoms with van der Waals surface area (Å²) >= 11 is 0. The van der Waals surface area contributed by atoms with Gasteiger partial charge in [-0.25, -0.2) is 4.98 Å². The molecule has 1 aromatic carbocycles. The molecule has 4 rings (SSSR count). The first kappa shape index (κ1) is 19.5. The van der Waals surface area contributed by atoms with Gasteiger partial charge in [0.2, 0.25) is 5.95 Å². The minimum atomic E-state index is -1.24. The lowest BCUT2D eigenvalue weighted by atomic mass is 10.1. The SMILES string of the molecule is C[C@H](Cc1ccccc1)Nc1nc(N)c2ncn([C@@H]3O[C@H](CO)[C@@H](O)[C@H]3O)c2n1. The van der Waals surface area contributed by atoms with Crippen LogP contribution in [0.1, 0.15) is 18.7 Å². The summed E-state index contributed by atoms with van der Waals surface area (Å²) in [6, 6.07) is 10.1. The molecule has 1 saturated heterocycles. The molecular weight excluding hydrogens is 376 g/mol. The second-order valence-corrected chi connectivity index (χ2v) is 7.22. The molecule has 1 aliphatic heterocycles. The topological polar surface area (TPSA) is 152 Å². The van der Waals surface area contributed by atoms with Crippen LogP contribution < -0.4 is 11.1 Å². The van der Waals surface area contributed by atoms with E-state index >= 15 is 0 Å². The van der Waals surface area contributed by atoms with Gasteiger partial charge in [0.05, 0.1) is 12.9 Å². The van der Waals surface area contributed by atoms with Gasteiger partial charge in [-0.15, -0.1) is 0 Å². The van der Waals surface area contributed by atoms with Crippen LogP contribution in [0.3, 0.4) is 0 Å². The first-order valence-electron chi connectivity index (χ1n) is 9.41. The highest BCUT2D eigenvalue weighted by Crippen LogP contribution is 2.32. The molecule has 0 unspecified atom stereocenters. The maximum Gasteiger partial charge on any atom is 0.226 e. The van der Waals surface area contributed by atoms with Crippen molar-refractivity contribution in [1.82, 2.24) is 19.5 Å². The molecule has 10 nitrogen and oxygen atoms in total. The molecule has 3 heterocycles. The Balaban J connectivity index is 1.60. The van der Waals surface area contributed by atoms with E-state index in [2.05, 4.69) is 20.3 Å². The lowest BCUT2D eigenvalue weighted by Crippen LogP contribution is -2.33. The van der Waals surface area contributed by atoms with Crippen molar-refractivity contribution in [2.45, 2.75) is 43.9 Å². The van der Waals surface area contributed by atoms with Crippen LogP contribution >= 0.6 is 0 Å². The normalized spacial score (nSPS) is 25.4. The third-order valence-electron chi connectivity index (χ3n) is 5.00. The molecular formula is C19H24N6O4. The Morgan fingerprint density at radius 2 is 1.97 bits per heavy atom. The summed E-state index contributed by atoms with van der Waals surface area (Å²) in [6.45, 7) is 1.60. The first-order valence-corrected chi connectivity index (χ1v) is 9.41. The Kier molecular flexibility index (Phi) is 5.33. The van der Waals surface area contributed by atoms with Gasteiger partial charge in [0.15, 0.2) is 17.7 Å². The monoisotopic (exact) mass is 400 g/mol. The van der Waals surface area contributed by atoms with Crippen LogP contribution in [-0.4, -0.2) is 65.8 Å². The molecule has 5 atom stereocenters. The minimum Gasteiger partial charge on any atom is -0.394 e. The summed E-state index contributed by atoms with van der Waals surface area (Å²) in [7, 11) is 0. The standard InChI is InChI=1S/C19H24N6O4/c1-10(7-11-5-3-2-4-6-11)22-19-23-16(20)13-17(24-19)25(9-21-13)18-15(28)14(27)12(8-26)29-18/h2-6,9-10,12,14-15,18,26-28H,7-8H2,1H3,(H3,20,22,23,24)/t10-,12-,14-,15-,18-/m1/s1. The molecule has 0 spiro atoms. The van der Waals surface area contributed by atoms with Crippen LogP contribution in [0.4, 0.5) is 11.8 Å². The predicted octanol–water partition coefficient (Wildman–Crippen LogP) is 0.0631. The Morgan fingerprint density at radius 3 is 2.66 bits per heavy atom. The van der Waals surface area contributed by atoms with Gasteiger partial charge >= 0.3 is 0 Å². The number of nitrogens with one attached hydrogen (secondary N) is 1. The first-order chi connectivity index (χ1) is 14.0. The number of aliphatic hydroxyl groups is 3. The van der Waals surface area contributed by atoms with E-state index in [1.54, 1.807) is 0 Å². The van der Waals surface area contributed by atoms with Gasteiger partial charge in [0.25, 0.3) is 0 Å². The van der Waals surface area contributed by atoms with Crippen molar-refractivity contribution in [2.75, 3.05) is 17.7 Å². The molecule has 0 bridgehead atoms. The zero-order chi connectivity index (χ0) is 20.5. The van der Waals surface area contributed by atoms with E-state index in [0.717, 1.165) is 6.42 Å². The van der Waals surface area contributed by atoms with Gasteiger partial charge in [0.1, 0.15) is 23.8 Å². The molecule has 2 aromatic heterocycles. The highest BCUT2D eigenvalue weighted by atomic mass is 16.6. The Labute approximate surface area is 167 Å². The van der Waals surface area contributed by atoms with E-state index in [1.807, 2.05) is 37.3 Å². The third kappa shape index (κ3) is 3.75. The largest absolute Gasteiger partial charge is 0.394 e. The molecule has 1 fully saturated rings. The second kappa shape index (κ2) is 7.91. The molecule has 10 heteroatoms. The highest BCUT2D eigenvalue weighted by Gasteiger charge is 2.44. The van der Waals surface area contributed by atoms with Gasteiger partial charge in [-0.2, -0.15) is 9.97 Å². The lowest BCUT2D eigenvalue weighted by molar-refractivity contribution is -0.0511. The summed E-state index contributed by atoms with van der Waals surface area (Å²) in [6.07, 6.45) is -2.10. The molecule has 6 N–H and O–H groups in total. The van der Waals surface area contributed by atoms with Crippen LogP contribution in [0, 0.1) is 0 Å². The Bertz CT molecular complexity index is 981. The summed E-state index contributed by atoms with van der Waals surface area (Å²) in [4.78, 5) is 13.0. The molecule has 29 heavy (non-hydrogen) atoms. The number of nitrogen functional groups attached to an aromatic ring is 1. The van der Waals surface area contributed by atoms with Crippen LogP contribution in [0.2, 0.25) is 0 Å². The highest BCUT2D eigenvalue weighted by molar-refractivity contribution is 5.83. The summed E-state index contributed by atoms with van der Waals surface area (Å²) in [5.74, 6) is 0.516. The van der Waals surface area contributed by atoms with Crippen molar-refractivity contribution >= 4 is 22.9 Å². The van der Waals surface area contributed by atoms with E-state index in [0.29, 0.717) is 17.1 Å². The maximum absolute atomic E-state index is 10.3. The third-order valence-corrected chi connectivity index (χ3v) is 5.00. The second-order valence-electron chi connectivity index (χ2n) is 7.22. The number of nitrogens with two attached hydrogens (primary N) is 1. The predicted molar refractivity (Wildman–Crippen MR) is 106 cm³/mol. The molecule has 0 amide bonds. The van der Waals surface area contributed by atoms with Crippen molar-refractivity contribution in [3.05, 3.63) is 42.2 Å². The van der Waals surface area contributed by atoms with Crippen LogP contribution in [0.5, 0.6) is 0 Å². The van der Waals surface area contributed by atoms with E-state index in [1.165, 1.54) is 16.5 Å². The number of fused-ring (bicyclic) bond motifs is 1. The lowest BCUT2D eigenvalue weighted by Gasteiger charge is -2.18. The van der Waals surface area contributed by atoms with Gasteiger partial charge in [-0.05, 0) is 18.9 Å². The van der Waals surface area contributed by atoms with E-state index in [9.17, 15) is 15.3 Å². The number of hydrogen-bond acceptors (Lipinski definition) is 9. The number of aromatic nitrogens is 4. The number of nitrogens with zero attached hydrogens (tertiary/aromatic N) is 4. The number of aliphatic hydroxyl groups excluding tert-OH is 3. The minimum absolute atomic E-state index is 0.0412.